The molecular formula is C8H7F2NO. The largest absolute Gasteiger partial charge is 0.300 e. The van der Waals surface area contributed by atoms with E-state index in [4.69, 9.17) is 0 Å². The van der Waals surface area contributed by atoms with Crippen LogP contribution in [0.5, 0.6) is 0 Å². The van der Waals surface area contributed by atoms with Crippen LogP contribution >= 0.6 is 0 Å². The molecule has 1 heterocycles. The smallest absolute Gasteiger partial charge is 0.148 e. The molecule has 0 saturated heterocycles. The third-order valence-corrected chi connectivity index (χ3v) is 1.30. The van der Waals surface area contributed by atoms with E-state index in [0.717, 1.165) is 6.20 Å². The summed E-state index contributed by atoms with van der Waals surface area (Å²) < 4.78 is 25.1. The fourth-order valence-corrected chi connectivity index (χ4v) is 0.809. The molecule has 2 nitrogen and oxygen atoms in total. The molecule has 0 aliphatic rings. The Morgan fingerprint density at radius 1 is 1.58 bits per heavy atom. The minimum absolute atomic E-state index is 0.0103. The van der Waals surface area contributed by atoms with Gasteiger partial charge in [0.2, 0.25) is 0 Å². The molecule has 1 aromatic heterocycles. The molecule has 0 aromatic carbocycles. The number of carbonyl (C=O) groups is 1. The molecule has 1 rings (SSSR count). The van der Waals surface area contributed by atoms with Crippen molar-refractivity contribution in [3.63, 3.8) is 0 Å². The predicted octanol–water partition coefficient (Wildman–Crippen LogP) is 1.49. The first kappa shape index (κ1) is 8.77. The minimum Gasteiger partial charge on any atom is -0.300 e. The molecule has 12 heavy (non-hydrogen) atoms. The van der Waals surface area contributed by atoms with Gasteiger partial charge >= 0.3 is 0 Å². The van der Waals surface area contributed by atoms with Crippen molar-refractivity contribution in [2.24, 2.45) is 0 Å². The highest BCUT2D eigenvalue weighted by molar-refractivity contribution is 5.77. The SMILES string of the molecule is CC(=O)Cc1ncc(F)cc1F. The van der Waals surface area contributed by atoms with Crippen molar-refractivity contribution in [1.29, 1.82) is 0 Å². The topological polar surface area (TPSA) is 30.0 Å². The van der Waals surface area contributed by atoms with Crippen LogP contribution in [-0.2, 0) is 11.2 Å². The van der Waals surface area contributed by atoms with Gasteiger partial charge in [-0.3, -0.25) is 9.78 Å². The molecule has 0 saturated carbocycles. The van der Waals surface area contributed by atoms with Crippen LogP contribution in [0.3, 0.4) is 0 Å². The van der Waals surface area contributed by atoms with Crippen molar-refractivity contribution >= 4 is 5.78 Å². The van der Waals surface area contributed by atoms with Crippen LogP contribution in [0.2, 0.25) is 0 Å². The molecule has 4 heteroatoms. The number of hydrogen-bond acceptors (Lipinski definition) is 2. The van der Waals surface area contributed by atoms with E-state index in [2.05, 4.69) is 4.98 Å². The molecular weight excluding hydrogens is 164 g/mol. The molecule has 0 bridgehead atoms. The Bertz CT molecular complexity index is 312. The van der Waals surface area contributed by atoms with Crippen molar-refractivity contribution in [2.45, 2.75) is 13.3 Å². The zero-order chi connectivity index (χ0) is 9.14. The number of aromatic nitrogens is 1. The van der Waals surface area contributed by atoms with Gasteiger partial charge in [0, 0.05) is 6.07 Å². The van der Waals surface area contributed by atoms with Crippen LogP contribution in [0.25, 0.3) is 0 Å². The van der Waals surface area contributed by atoms with E-state index >= 15 is 0 Å². The van der Waals surface area contributed by atoms with E-state index in [0.29, 0.717) is 6.07 Å². The lowest BCUT2D eigenvalue weighted by molar-refractivity contribution is -0.116. The lowest BCUT2D eigenvalue weighted by Crippen LogP contribution is -2.02. The summed E-state index contributed by atoms with van der Waals surface area (Å²) in [6, 6.07) is 0.714. The Balaban J connectivity index is 2.93. The molecule has 0 aliphatic carbocycles. The van der Waals surface area contributed by atoms with Crippen LogP contribution < -0.4 is 0 Å². The van der Waals surface area contributed by atoms with E-state index in [-0.39, 0.29) is 17.9 Å². The maximum Gasteiger partial charge on any atom is 0.148 e. The molecule has 0 atom stereocenters. The normalized spacial score (nSPS) is 9.92. The van der Waals surface area contributed by atoms with Gasteiger partial charge < -0.3 is 0 Å². The van der Waals surface area contributed by atoms with Crippen molar-refractivity contribution in [3.8, 4) is 0 Å². The summed E-state index contributed by atoms with van der Waals surface area (Å²) in [6.45, 7) is 1.32. The fraction of sp³-hybridized carbons (Fsp3) is 0.250. The maximum atomic E-state index is 12.8. The lowest BCUT2D eigenvalue weighted by Gasteiger charge is -1.97. The zero-order valence-corrected chi connectivity index (χ0v) is 6.47. The van der Waals surface area contributed by atoms with Crippen LogP contribution in [0.1, 0.15) is 12.6 Å². The molecule has 0 aliphatic heterocycles. The zero-order valence-electron chi connectivity index (χ0n) is 6.47. The summed E-state index contributed by atoms with van der Waals surface area (Å²) in [6.07, 6.45) is 0.799. The van der Waals surface area contributed by atoms with Crippen LogP contribution in [0.15, 0.2) is 12.3 Å². The second-order valence-electron chi connectivity index (χ2n) is 2.46. The Labute approximate surface area is 68.2 Å². The highest BCUT2D eigenvalue weighted by Gasteiger charge is 2.06. The Morgan fingerprint density at radius 3 is 2.75 bits per heavy atom. The summed E-state index contributed by atoms with van der Waals surface area (Å²) in [4.78, 5) is 14.0. The summed E-state index contributed by atoms with van der Waals surface area (Å²) in [7, 11) is 0. The number of rotatable bonds is 2. The van der Waals surface area contributed by atoms with Gasteiger partial charge in [0.1, 0.15) is 17.4 Å². The highest BCUT2D eigenvalue weighted by Crippen LogP contribution is 2.06. The second-order valence-corrected chi connectivity index (χ2v) is 2.46. The van der Waals surface area contributed by atoms with Gasteiger partial charge in [-0.15, -0.1) is 0 Å². The van der Waals surface area contributed by atoms with Crippen LogP contribution in [0, 0.1) is 11.6 Å². The summed E-state index contributed by atoms with van der Waals surface area (Å²) in [5.41, 5.74) is -0.0103. The van der Waals surface area contributed by atoms with E-state index in [1.165, 1.54) is 6.92 Å². The van der Waals surface area contributed by atoms with E-state index in [1.54, 1.807) is 0 Å². The maximum absolute atomic E-state index is 12.8. The molecule has 0 fully saturated rings. The molecule has 0 radical (unpaired) electrons. The number of ketones is 1. The summed E-state index contributed by atoms with van der Waals surface area (Å²) in [5.74, 6) is -1.71. The van der Waals surface area contributed by atoms with Gasteiger partial charge in [-0.05, 0) is 6.92 Å². The highest BCUT2D eigenvalue weighted by atomic mass is 19.1. The summed E-state index contributed by atoms with van der Waals surface area (Å²) in [5, 5.41) is 0. The van der Waals surface area contributed by atoms with Crippen LogP contribution in [-0.4, -0.2) is 10.8 Å². The van der Waals surface area contributed by atoms with Gasteiger partial charge in [-0.1, -0.05) is 0 Å². The van der Waals surface area contributed by atoms with Crippen molar-refractivity contribution in [2.75, 3.05) is 0 Å². The first-order valence-corrected chi connectivity index (χ1v) is 3.39. The quantitative estimate of drug-likeness (QED) is 0.674. The van der Waals surface area contributed by atoms with Crippen molar-refractivity contribution in [3.05, 3.63) is 29.6 Å². The third kappa shape index (κ3) is 2.08. The van der Waals surface area contributed by atoms with Gasteiger partial charge in [0.25, 0.3) is 0 Å². The number of halogens is 2. The molecule has 0 amide bonds. The number of hydrogen-bond donors (Lipinski definition) is 0. The molecule has 64 valence electrons. The second kappa shape index (κ2) is 3.38. The van der Waals surface area contributed by atoms with Gasteiger partial charge in [-0.2, -0.15) is 0 Å². The van der Waals surface area contributed by atoms with E-state index < -0.39 is 11.6 Å². The number of carbonyl (C=O) groups excluding carboxylic acids is 1. The molecule has 1 aromatic rings. The standard InChI is InChI=1S/C8H7F2NO/c1-5(12)2-8-7(10)3-6(9)4-11-8/h3-4H,2H2,1H3. The van der Waals surface area contributed by atoms with Crippen molar-refractivity contribution < 1.29 is 13.6 Å². The van der Waals surface area contributed by atoms with E-state index in [1.807, 2.05) is 0 Å². The number of nitrogens with zero attached hydrogens (tertiary/aromatic N) is 1. The Morgan fingerprint density at radius 2 is 2.25 bits per heavy atom. The molecule has 0 spiro atoms. The number of pyridine rings is 1. The summed E-state index contributed by atoms with van der Waals surface area (Å²) >= 11 is 0. The van der Waals surface area contributed by atoms with Crippen molar-refractivity contribution in [1.82, 2.24) is 4.98 Å². The molecule has 0 N–H and O–H groups in total. The molecule has 0 unspecified atom stereocenters. The average Bonchev–Trinajstić information content (AvgIpc) is 1.94. The van der Waals surface area contributed by atoms with Gasteiger partial charge in [0.05, 0.1) is 18.3 Å². The average molecular weight is 171 g/mol. The van der Waals surface area contributed by atoms with Crippen LogP contribution in [0.4, 0.5) is 8.78 Å². The Kier molecular flexibility index (Phi) is 2.47. The van der Waals surface area contributed by atoms with Gasteiger partial charge in [0.15, 0.2) is 0 Å². The third-order valence-electron chi connectivity index (χ3n) is 1.30. The first-order valence-electron chi connectivity index (χ1n) is 3.39. The minimum atomic E-state index is -0.773. The monoisotopic (exact) mass is 171 g/mol. The lowest BCUT2D eigenvalue weighted by atomic mass is 10.2. The first-order chi connectivity index (χ1) is 5.59. The number of Topliss-reactive ketones (excluding diaryl/α,β-unsaturated/α-hetero) is 1. The fourth-order valence-electron chi connectivity index (χ4n) is 0.809. The van der Waals surface area contributed by atoms with Gasteiger partial charge in [-0.25, -0.2) is 8.78 Å². The Hall–Kier alpha value is -1.32. The van der Waals surface area contributed by atoms with E-state index in [9.17, 15) is 13.6 Å². The predicted molar refractivity (Wildman–Crippen MR) is 38.5 cm³/mol.